The van der Waals surface area contributed by atoms with Crippen LogP contribution in [-0.2, 0) is 19.2 Å². The summed E-state index contributed by atoms with van der Waals surface area (Å²) in [6.45, 7) is 6.57. The van der Waals surface area contributed by atoms with Crippen LogP contribution in [0.2, 0.25) is 0 Å². The monoisotopic (exact) mass is 185 g/mol. The van der Waals surface area contributed by atoms with Crippen LogP contribution in [0.25, 0.3) is 0 Å². The molecule has 0 aliphatic heterocycles. The molecule has 0 aromatic heterocycles. The zero-order valence-corrected chi connectivity index (χ0v) is 7.16. The molecule has 0 bridgehead atoms. The summed E-state index contributed by atoms with van der Waals surface area (Å²) in [6, 6.07) is 0. The Morgan fingerprint density at radius 1 is 1.23 bits per heavy atom. The molecular formula is C8H9O5-. The van der Waals surface area contributed by atoms with E-state index in [4.69, 9.17) is 9.59 Å². The number of hydrogen-bond acceptors (Lipinski definition) is 5. The molecule has 0 amide bonds. The number of rotatable bonds is 2. The first-order valence-electron chi connectivity index (χ1n) is 2.93. The lowest BCUT2D eigenvalue weighted by molar-refractivity contribution is -0.304. The summed E-state index contributed by atoms with van der Waals surface area (Å²) in [5.74, 6) is 0.813. The van der Waals surface area contributed by atoms with Gasteiger partial charge in [0, 0.05) is 12.4 Å². The fraction of sp³-hybridized carbons (Fsp3) is 0.250. The second-order valence-electron chi connectivity index (χ2n) is 1.54. The van der Waals surface area contributed by atoms with Crippen LogP contribution >= 0.6 is 0 Å². The van der Waals surface area contributed by atoms with E-state index in [9.17, 15) is 14.7 Å². The lowest BCUT2D eigenvalue weighted by Crippen LogP contribution is -2.24. The molecule has 5 nitrogen and oxygen atoms in total. The minimum atomic E-state index is -1.31. The van der Waals surface area contributed by atoms with Crippen LogP contribution in [-0.4, -0.2) is 23.6 Å². The van der Waals surface area contributed by atoms with Gasteiger partial charge in [-0.1, -0.05) is 0 Å². The zero-order chi connectivity index (χ0) is 11.3. The van der Waals surface area contributed by atoms with Crippen LogP contribution < -0.4 is 5.11 Å². The second kappa shape index (κ2) is 16.6. The number of ketones is 1. The van der Waals surface area contributed by atoms with E-state index in [-0.39, 0.29) is 5.78 Å². The minimum absolute atomic E-state index is 0.375. The predicted molar refractivity (Wildman–Crippen MR) is 42.9 cm³/mol. The molecule has 0 aliphatic rings. The molecule has 0 aromatic rings. The summed E-state index contributed by atoms with van der Waals surface area (Å²) in [5, 5.41) is 9.48. The van der Waals surface area contributed by atoms with Crippen molar-refractivity contribution in [2.24, 2.45) is 0 Å². The average molecular weight is 185 g/mol. The molecule has 0 fully saturated rings. The zero-order valence-electron chi connectivity index (χ0n) is 7.16. The largest absolute Gasteiger partial charge is 0.550 e. The van der Waals surface area contributed by atoms with E-state index in [2.05, 4.69) is 13.2 Å². The van der Waals surface area contributed by atoms with Gasteiger partial charge >= 0.3 is 0 Å². The summed E-state index contributed by atoms with van der Waals surface area (Å²) < 4.78 is 0. The van der Waals surface area contributed by atoms with Gasteiger partial charge in [-0.3, -0.25) is 4.79 Å². The molecule has 0 aromatic carbocycles. The number of carbonyl (C=O) groups is 2. The van der Waals surface area contributed by atoms with E-state index < -0.39 is 12.4 Å². The highest BCUT2D eigenvalue weighted by molar-refractivity contribution is 5.92. The van der Waals surface area contributed by atoms with Gasteiger partial charge in [-0.25, -0.2) is 9.59 Å². The first-order valence-corrected chi connectivity index (χ1v) is 2.93. The van der Waals surface area contributed by atoms with Crippen molar-refractivity contribution >= 4 is 23.6 Å². The summed E-state index contributed by atoms with van der Waals surface area (Å²) in [6.07, 6.45) is -0.472. The molecule has 5 heteroatoms. The number of hydrogen-bond donors (Lipinski definition) is 0. The highest BCUT2D eigenvalue weighted by Crippen LogP contribution is 1.74. The van der Waals surface area contributed by atoms with Crippen LogP contribution in [0.1, 0.15) is 13.3 Å². The summed E-state index contributed by atoms with van der Waals surface area (Å²) in [5.41, 5.74) is 0. The average Bonchev–Trinajstić information content (AvgIpc) is 1.86. The van der Waals surface area contributed by atoms with Crippen molar-refractivity contribution in [1.82, 2.24) is 0 Å². The molecule has 0 rings (SSSR count). The van der Waals surface area contributed by atoms with E-state index in [1.165, 1.54) is 18.8 Å². The molecule has 0 atom stereocenters. The predicted octanol–water partition coefficient (Wildman–Crippen LogP) is -1.28. The number of Topliss-reactive ketones (excluding diaryl/α,β-unsaturated/α-hetero) is 1. The van der Waals surface area contributed by atoms with Gasteiger partial charge in [0.15, 0.2) is 0 Å². The Labute approximate surface area is 75.4 Å². The number of carboxylic acid groups (broad SMARTS) is 1. The second-order valence-corrected chi connectivity index (χ2v) is 1.54. The third-order valence-electron chi connectivity index (χ3n) is 0.393. The normalized spacial score (nSPS) is 5.62. The minimum Gasteiger partial charge on any atom is -0.550 e. The number of carboxylic acids is 1. The summed E-state index contributed by atoms with van der Waals surface area (Å²) in [7, 11) is 0. The SMILES string of the molecule is C=C=O.C=C=O.CC(=O)CC(=O)[O-]. The van der Waals surface area contributed by atoms with E-state index in [0.29, 0.717) is 0 Å². The molecule has 0 heterocycles. The van der Waals surface area contributed by atoms with Crippen LogP contribution in [0.4, 0.5) is 0 Å². The van der Waals surface area contributed by atoms with E-state index in [1.807, 2.05) is 0 Å². The molecule has 72 valence electrons. The molecule has 0 saturated heterocycles. The van der Waals surface area contributed by atoms with Crippen molar-refractivity contribution in [1.29, 1.82) is 0 Å². The third-order valence-corrected chi connectivity index (χ3v) is 0.393. The highest BCUT2D eigenvalue weighted by Gasteiger charge is 1.88. The number of carbonyl (C=O) groups excluding carboxylic acids is 4. The highest BCUT2D eigenvalue weighted by atomic mass is 16.4. The Hall–Kier alpha value is -1.96. The van der Waals surface area contributed by atoms with Gasteiger partial charge < -0.3 is 9.90 Å². The van der Waals surface area contributed by atoms with Gasteiger partial charge in [-0.2, -0.15) is 0 Å². The topological polar surface area (TPSA) is 91.3 Å². The molecule has 0 unspecified atom stereocenters. The molecule has 0 saturated carbocycles. The van der Waals surface area contributed by atoms with Crippen LogP contribution in [0.3, 0.4) is 0 Å². The maximum Gasteiger partial charge on any atom is 0.135 e. The van der Waals surface area contributed by atoms with Crippen molar-refractivity contribution in [2.75, 3.05) is 0 Å². The van der Waals surface area contributed by atoms with Crippen molar-refractivity contribution in [3.8, 4) is 0 Å². The van der Waals surface area contributed by atoms with Gasteiger partial charge in [-0.15, -0.1) is 0 Å². The Bertz CT molecular complexity index is 193. The molecule has 0 aliphatic carbocycles. The van der Waals surface area contributed by atoms with Crippen LogP contribution in [0, 0.1) is 0 Å². The first-order chi connectivity index (χ1) is 5.95. The van der Waals surface area contributed by atoms with Gasteiger partial charge in [0.1, 0.15) is 17.7 Å². The van der Waals surface area contributed by atoms with Gasteiger partial charge in [0.05, 0.1) is 0 Å². The Balaban J connectivity index is -0.000000140. The van der Waals surface area contributed by atoms with Gasteiger partial charge in [-0.05, 0) is 20.1 Å². The van der Waals surface area contributed by atoms with Gasteiger partial charge in [0.2, 0.25) is 0 Å². The molecule has 0 spiro atoms. The van der Waals surface area contributed by atoms with Crippen molar-refractivity contribution < 1.29 is 24.3 Å². The van der Waals surface area contributed by atoms with Crippen molar-refractivity contribution in [2.45, 2.75) is 13.3 Å². The Kier molecular flexibility index (Phi) is 21.9. The fourth-order valence-corrected chi connectivity index (χ4v) is 0.203. The quantitative estimate of drug-likeness (QED) is 0.395. The van der Waals surface area contributed by atoms with E-state index in [1.54, 1.807) is 0 Å². The fourth-order valence-electron chi connectivity index (χ4n) is 0.203. The molecule has 0 N–H and O–H groups in total. The van der Waals surface area contributed by atoms with Crippen LogP contribution in [0.15, 0.2) is 13.2 Å². The van der Waals surface area contributed by atoms with E-state index in [0.717, 1.165) is 0 Å². The van der Waals surface area contributed by atoms with E-state index >= 15 is 0 Å². The maximum atomic E-state index is 9.83. The lowest BCUT2D eigenvalue weighted by atomic mass is 10.3. The maximum absolute atomic E-state index is 9.83. The van der Waals surface area contributed by atoms with Crippen molar-refractivity contribution in [3.05, 3.63) is 13.2 Å². The molecular weight excluding hydrogens is 176 g/mol. The standard InChI is InChI=1S/C4H6O3.2C2H2O/c1-3(5)2-4(6)7;2*1-2-3/h2H2,1H3,(H,6,7);2*1H2/p-1. The third kappa shape index (κ3) is 156. The summed E-state index contributed by atoms with van der Waals surface area (Å²) >= 11 is 0. The number of aliphatic carboxylic acids is 1. The smallest absolute Gasteiger partial charge is 0.135 e. The molecule has 0 radical (unpaired) electrons. The van der Waals surface area contributed by atoms with Crippen molar-refractivity contribution in [3.63, 3.8) is 0 Å². The van der Waals surface area contributed by atoms with Crippen LogP contribution in [0.5, 0.6) is 0 Å². The lowest BCUT2D eigenvalue weighted by Gasteiger charge is -1.92. The van der Waals surface area contributed by atoms with Gasteiger partial charge in [0.25, 0.3) is 0 Å². The molecule has 13 heavy (non-hydrogen) atoms. The summed E-state index contributed by atoms with van der Waals surface area (Å²) in [4.78, 5) is 36.4. The Morgan fingerprint density at radius 2 is 1.46 bits per heavy atom. The Morgan fingerprint density at radius 3 is 1.46 bits per heavy atom. The first kappa shape index (κ1) is 17.2.